The molecular formula is C24H21N7O4. The first-order valence-corrected chi connectivity index (χ1v) is 11.2. The summed E-state index contributed by atoms with van der Waals surface area (Å²) in [5.41, 5.74) is 3.14. The number of pyridine rings is 1. The zero-order valence-corrected chi connectivity index (χ0v) is 18.6. The summed E-state index contributed by atoms with van der Waals surface area (Å²) in [7, 11) is 0. The molecule has 6 heterocycles. The molecule has 3 fully saturated rings. The molecule has 0 spiro atoms. The minimum absolute atomic E-state index is 0.00449. The van der Waals surface area contributed by atoms with E-state index in [4.69, 9.17) is 19.5 Å². The number of carbonyl (C=O) groups is 1. The van der Waals surface area contributed by atoms with E-state index in [1.54, 1.807) is 12.1 Å². The Labute approximate surface area is 200 Å². The van der Waals surface area contributed by atoms with Gasteiger partial charge in [0.25, 0.3) is 5.91 Å². The van der Waals surface area contributed by atoms with E-state index in [1.807, 2.05) is 35.2 Å². The van der Waals surface area contributed by atoms with Crippen LogP contribution < -0.4 is 20.3 Å². The number of amides is 1. The summed E-state index contributed by atoms with van der Waals surface area (Å²) in [5.74, 6) is 0.717. The predicted molar refractivity (Wildman–Crippen MR) is 123 cm³/mol. The van der Waals surface area contributed by atoms with Crippen molar-refractivity contribution in [2.24, 2.45) is 0 Å². The van der Waals surface area contributed by atoms with Crippen molar-refractivity contribution >= 4 is 17.5 Å². The number of nitriles is 1. The van der Waals surface area contributed by atoms with E-state index in [0.29, 0.717) is 54.7 Å². The van der Waals surface area contributed by atoms with Crippen molar-refractivity contribution in [1.82, 2.24) is 20.5 Å². The molecule has 3 aromatic rings. The molecule has 1 aromatic carbocycles. The highest BCUT2D eigenvalue weighted by molar-refractivity contribution is 5.94. The molecule has 4 aliphatic heterocycles. The van der Waals surface area contributed by atoms with Crippen LogP contribution in [-0.4, -0.2) is 53.0 Å². The monoisotopic (exact) mass is 471 g/mol. The molecule has 11 heteroatoms. The van der Waals surface area contributed by atoms with Crippen molar-refractivity contribution in [3.8, 4) is 23.1 Å². The van der Waals surface area contributed by atoms with Crippen LogP contribution in [0.5, 0.6) is 5.75 Å². The van der Waals surface area contributed by atoms with Gasteiger partial charge in [-0.25, -0.2) is 4.98 Å². The van der Waals surface area contributed by atoms with Crippen LogP contribution in [0.3, 0.4) is 0 Å². The van der Waals surface area contributed by atoms with E-state index in [2.05, 4.69) is 31.9 Å². The lowest BCUT2D eigenvalue weighted by atomic mass is 10.1. The number of carbonyl (C=O) groups excluding carboxylic acids is 1. The SMILES string of the molecule is N#Cc1cnnc(-c2cccc(CNCCC34CN(c5ccc6c(n5)NC(=O)CO6)C(O3)O4)c2)c1. The molecule has 4 aliphatic rings. The number of benzene rings is 1. The van der Waals surface area contributed by atoms with Gasteiger partial charge in [0.2, 0.25) is 6.41 Å². The number of hydrogen-bond acceptors (Lipinski definition) is 10. The maximum Gasteiger partial charge on any atom is 0.263 e. The number of aromatic nitrogens is 3. The molecule has 0 atom stereocenters. The topological polar surface area (TPSA) is 135 Å². The average Bonchev–Trinajstić information content (AvgIpc) is 3.43. The Kier molecular flexibility index (Phi) is 5.26. The molecule has 11 nitrogen and oxygen atoms in total. The number of nitrogens with zero attached hydrogens (tertiary/aromatic N) is 5. The molecule has 2 bridgehead atoms. The van der Waals surface area contributed by atoms with Crippen LogP contribution in [-0.2, 0) is 20.8 Å². The second-order valence-electron chi connectivity index (χ2n) is 8.50. The van der Waals surface area contributed by atoms with Crippen LogP contribution in [0.25, 0.3) is 11.3 Å². The Balaban J connectivity index is 1.03. The first-order valence-electron chi connectivity index (χ1n) is 11.2. The molecule has 0 unspecified atom stereocenters. The number of ether oxygens (including phenoxy) is 3. The van der Waals surface area contributed by atoms with E-state index in [0.717, 1.165) is 11.1 Å². The molecule has 2 N–H and O–H groups in total. The van der Waals surface area contributed by atoms with Gasteiger partial charge in [-0.05, 0) is 29.8 Å². The minimum atomic E-state index is -0.676. The van der Waals surface area contributed by atoms with Crippen LogP contribution in [0.2, 0.25) is 0 Å². The molecule has 2 aromatic heterocycles. The van der Waals surface area contributed by atoms with Gasteiger partial charge in [0, 0.05) is 25.1 Å². The standard InChI is InChI=1S/C24H21N7O4/c25-10-16-9-18(30-27-12-16)17-3-1-2-15(8-17)11-26-7-6-24-14-31(23(34-24)35-24)20-5-4-19-22(28-20)29-21(32)13-33-19/h1-5,8-9,12,23,26H,6-7,11,13-14H2,(H,28,29,32). The van der Waals surface area contributed by atoms with Crippen LogP contribution >= 0.6 is 0 Å². The van der Waals surface area contributed by atoms with Gasteiger partial charge in [-0.3, -0.25) is 4.79 Å². The molecule has 176 valence electrons. The van der Waals surface area contributed by atoms with Gasteiger partial charge in [0.05, 0.1) is 24.0 Å². The molecule has 0 saturated carbocycles. The third-order valence-electron chi connectivity index (χ3n) is 6.07. The number of fused-ring (bicyclic) bond motifs is 2. The number of nitrogens with one attached hydrogen (secondary N) is 2. The first-order chi connectivity index (χ1) is 17.1. The Morgan fingerprint density at radius 1 is 1.26 bits per heavy atom. The van der Waals surface area contributed by atoms with Gasteiger partial charge in [-0.1, -0.05) is 18.2 Å². The quantitative estimate of drug-likeness (QED) is 0.491. The van der Waals surface area contributed by atoms with Crippen molar-refractivity contribution in [2.75, 3.05) is 29.9 Å². The molecule has 0 aliphatic carbocycles. The lowest BCUT2D eigenvalue weighted by Gasteiger charge is -2.37. The van der Waals surface area contributed by atoms with E-state index >= 15 is 0 Å². The van der Waals surface area contributed by atoms with Crippen molar-refractivity contribution < 1.29 is 19.0 Å². The van der Waals surface area contributed by atoms with Crippen molar-refractivity contribution in [3.63, 3.8) is 0 Å². The maximum absolute atomic E-state index is 11.6. The summed E-state index contributed by atoms with van der Waals surface area (Å²) in [5, 5.41) is 23.3. The second-order valence-corrected chi connectivity index (χ2v) is 8.50. The van der Waals surface area contributed by atoms with Crippen LogP contribution in [0.4, 0.5) is 11.6 Å². The van der Waals surface area contributed by atoms with Crippen LogP contribution in [0.1, 0.15) is 17.5 Å². The van der Waals surface area contributed by atoms with Crippen molar-refractivity contribution in [1.29, 1.82) is 5.26 Å². The lowest BCUT2D eigenvalue weighted by molar-refractivity contribution is -0.405. The Morgan fingerprint density at radius 3 is 3.06 bits per heavy atom. The molecule has 3 saturated heterocycles. The fourth-order valence-corrected chi connectivity index (χ4v) is 4.33. The van der Waals surface area contributed by atoms with E-state index in [1.165, 1.54) is 6.20 Å². The van der Waals surface area contributed by atoms with E-state index in [-0.39, 0.29) is 12.5 Å². The number of anilines is 2. The highest BCUT2D eigenvalue weighted by atomic mass is 16.9. The summed E-state index contributed by atoms with van der Waals surface area (Å²) in [6.07, 6.45) is 1.63. The summed E-state index contributed by atoms with van der Waals surface area (Å²) in [6.45, 7) is 1.89. The summed E-state index contributed by atoms with van der Waals surface area (Å²) in [6, 6.07) is 15.4. The fourth-order valence-electron chi connectivity index (χ4n) is 4.33. The van der Waals surface area contributed by atoms with Crippen LogP contribution in [0, 0.1) is 11.3 Å². The lowest BCUT2D eigenvalue weighted by Crippen LogP contribution is -2.49. The molecule has 0 radical (unpaired) electrons. The summed E-state index contributed by atoms with van der Waals surface area (Å²) >= 11 is 0. The molecule has 35 heavy (non-hydrogen) atoms. The predicted octanol–water partition coefficient (Wildman–Crippen LogP) is 1.77. The highest BCUT2D eigenvalue weighted by Crippen LogP contribution is 2.45. The number of rotatable bonds is 7. The van der Waals surface area contributed by atoms with Crippen LogP contribution in [0.15, 0.2) is 48.7 Å². The van der Waals surface area contributed by atoms with Crippen molar-refractivity contribution in [3.05, 3.63) is 59.8 Å². The van der Waals surface area contributed by atoms with E-state index < -0.39 is 12.2 Å². The van der Waals surface area contributed by atoms with Gasteiger partial charge >= 0.3 is 0 Å². The Hall–Kier alpha value is -4.11. The zero-order chi connectivity index (χ0) is 23.8. The first kappa shape index (κ1) is 21.4. The third-order valence-corrected chi connectivity index (χ3v) is 6.07. The third kappa shape index (κ3) is 4.15. The second kappa shape index (κ2) is 8.59. The highest BCUT2D eigenvalue weighted by Gasteiger charge is 2.58. The number of hydrogen-bond donors (Lipinski definition) is 2. The van der Waals surface area contributed by atoms with Gasteiger partial charge < -0.3 is 29.7 Å². The smallest absolute Gasteiger partial charge is 0.263 e. The van der Waals surface area contributed by atoms with Gasteiger partial charge in [0.1, 0.15) is 11.9 Å². The van der Waals surface area contributed by atoms with Gasteiger partial charge in [-0.15, -0.1) is 0 Å². The Bertz CT molecular complexity index is 1340. The maximum atomic E-state index is 11.6. The average molecular weight is 471 g/mol. The normalized spacial score (nSPS) is 22.0. The Morgan fingerprint density at radius 2 is 2.17 bits per heavy atom. The summed E-state index contributed by atoms with van der Waals surface area (Å²) in [4.78, 5) is 18.0. The fraction of sp³-hybridized carbons (Fsp3) is 0.292. The van der Waals surface area contributed by atoms with Crippen molar-refractivity contribution in [2.45, 2.75) is 25.2 Å². The summed E-state index contributed by atoms with van der Waals surface area (Å²) < 4.78 is 17.3. The molecule has 7 rings (SSSR count). The van der Waals surface area contributed by atoms with E-state index in [9.17, 15) is 4.79 Å². The largest absolute Gasteiger partial charge is 0.480 e. The van der Waals surface area contributed by atoms with Gasteiger partial charge in [-0.2, -0.15) is 15.5 Å². The van der Waals surface area contributed by atoms with Gasteiger partial charge in [0.15, 0.2) is 24.0 Å². The minimum Gasteiger partial charge on any atom is -0.480 e. The molecular weight excluding hydrogens is 450 g/mol. The zero-order valence-electron chi connectivity index (χ0n) is 18.6. The molecule has 1 amide bonds.